The minimum absolute atomic E-state index is 0.194. The van der Waals surface area contributed by atoms with E-state index in [0.29, 0.717) is 36.6 Å². The van der Waals surface area contributed by atoms with Crippen LogP contribution >= 0.6 is 11.6 Å². The van der Waals surface area contributed by atoms with Gasteiger partial charge in [0.1, 0.15) is 0 Å². The normalized spacial score (nSPS) is 18.1. The van der Waals surface area contributed by atoms with Gasteiger partial charge in [-0.2, -0.15) is 0 Å². The summed E-state index contributed by atoms with van der Waals surface area (Å²) in [6.45, 7) is 3.02. The molecule has 2 rings (SSSR count). The van der Waals surface area contributed by atoms with E-state index in [-0.39, 0.29) is 12.5 Å². The molecular formula is C13H17ClN2O3. The Bertz CT molecular complexity index is 473. The van der Waals surface area contributed by atoms with Crippen molar-refractivity contribution in [2.75, 3.05) is 19.8 Å². The van der Waals surface area contributed by atoms with E-state index in [9.17, 15) is 9.90 Å². The maximum absolute atomic E-state index is 12.0. The number of aryl methyl sites for hydroxylation is 1. The Labute approximate surface area is 116 Å². The average molecular weight is 285 g/mol. The summed E-state index contributed by atoms with van der Waals surface area (Å²) in [7, 11) is 0. The molecule has 19 heavy (non-hydrogen) atoms. The molecule has 1 fully saturated rings. The lowest BCUT2D eigenvalue weighted by atomic mass is 9.94. The van der Waals surface area contributed by atoms with Gasteiger partial charge >= 0.3 is 0 Å². The molecule has 1 amide bonds. The first kappa shape index (κ1) is 14.2. The van der Waals surface area contributed by atoms with Gasteiger partial charge in [0.25, 0.3) is 5.91 Å². The van der Waals surface area contributed by atoms with Crippen molar-refractivity contribution in [1.82, 2.24) is 10.3 Å². The largest absolute Gasteiger partial charge is 0.388 e. The van der Waals surface area contributed by atoms with Crippen LogP contribution in [0.2, 0.25) is 5.02 Å². The highest BCUT2D eigenvalue weighted by Gasteiger charge is 2.30. The number of pyridine rings is 1. The van der Waals surface area contributed by atoms with Crippen LogP contribution in [-0.2, 0) is 4.74 Å². The van der Waals surface area contributed by atoms with E-state index < -0.39 is 5.60 Å². The number of hydrogen-bond donors (Lipinski definition) is 2. The van der Waals surface area contributed by atoms with E-state index >= 15 is 0 Å². The molecule has 1 aromatic heterocycles. The number of carbonyl (C=O) groups excluding carboxylic acids is 1. The number of amides is 1. The van der Waals surface area contributed by atoms with E-state index in [0.717, 1.165) is 5.69 Å². The predicted molar refractivity (Wildman–Crippen MR) is 71.3 cm³/mol. The first-order valence-corrected chi connectivity index (χ1v) is 6.58. The molecule has 0 aliphatic carbocycles. The highest BCUT2D eigenvalue weighted by molar-refractivity contribution is 6.33. The van der Waals surface area contributed by atoms with Gasteiger partial charge < -0.3 is 15.2 Å². The fraction of sp³-hybridized carbons (Fsp3) is 0.538. The van der Waals surface area contributed by atoms with Gasteiger partial charge in [-0.25, -0.2) is 0 Å². The lowest BCUT2D eigenvalue weighted by Crippen LogP contribution is -2.46. The molecule has 1 aromatic rings. The summed E-state index contributed by atoms with van der Waals surface area (Å²) in [5.74, 6) is -0.322. The maximum atomic E-state index is 12.0. The summed E-state index contributed by atoms with van der Waals surface area (Å²) in [5.41, 5.74) is 0.186. The molecule has 0 bridgehead atoms. The zero-order valence-corrected chi connectivity index (χ0v) is 11.5. The molecule has 2 heterocycles. The predicted octanol–water partition coefficient (Wildman–Crippen LogP) is 1.31. The van der Waals surface area contributed by atoms with Crippen LogP contribution in [0.5, 0.6) is 0 Å². The van der Waals surface area contributed by atoms with Crippen LogP contribution in [0.25, 0.3) is 0 Å². The summed E-state index contributed by atoms with van der Waals surface area (Å²) < 4.78 is 5.18. The Morgan fingerprint density at radius 3 is 2.89 bits per heavy atom. The maximum Gasteiger partial charge on any atom is 0.254 e. The molecule has 104 valence electrons. The van der Waals surface area contributed by atoms with E-state index in [2.05, 4.69) is 10.3 Å². The molecular weight excluding hydrogens is 268 g/mol. The molecule has 2 N–H and O–H groups in total. The molecule has 5 nitrogen and oxygen atoms in total. The second-order valence-corrected chi connectivity index (χ2v) is 5.23. The molecule has 1 aliphatic rings. The zero-order chi connectivity index (χ0) is 13.9. The third-order valence-corrected chi connectivity index (χ3v) is 3.55. The van der Waals surface area contributed by atoms with Crippen molar-refractivity contribution >= 4 is 17.5 Å². The highest BCUT2D eigenvalue weighted by atomic mass is 35.5. The van der Waals surface area contributed by atoms with Crippen LogP contribution in [0, 0.1) is 6.92 Å². The van der Waals surface area contributed by atoms with Gasteiger partial charge in [-0.05, 0) is 13.0 Å². The number of aliphatic hydroxyl groups is 1. The van der Waals surface area contributed by atoms with Crippen LogP contribution in [0.1, 0.15) is 28.9 Å². The topological polar surface area (TPSA) is 71.5 Å². The fourth-order valence-corrected chi connectivity index (χ4v) is 2.25. The second kappa shape index (κ2) is 5.86. The second-order valence-electron chi connectivity index (χ2n) is 4.82. The summed E-state index contributed by atoms with van der Waals surface area (Å²) in [6, 6.07) is 1.64. The van der Waals surface area contributed by atoms with Gasteiger partial charge in [0.05, 0.1) is 16.2 Å². The Hall–Kier alpha value is -1.17. The number of nitrogens with zero attached hydrogens (tertiary/aromatic N) is 1. The van der Waals surface area contributed by atoms with Gasteiger partial charge in [0.2, 0.25) is 0 Å². The Balaban J connectivity index is 1.97. The minimum atomic E-state index is -0.890. The van der Waals surface area contributed by atoms with E-state index in [1.54, 1.807) is 13.0 Å². The van der Waals surface area contributed by atoms with Crippen LogP contribution in [0.15, 0.2) is 12.3 Å². The lowest BCUT2D eigenvalue weighted by Gasteiger charge is -2.32. The molecule has 0 spiro atoms. The number of carbonyl (C=O) groups is 1. The lowest BCUT2D eigenvalue weighted by molar-refractivity contribution is -0.0605. The molecule has 1 saturated heterocycles. The van der Waals surface area contributed by atoms with Crippen molar-refractivity contribution in [3.63, 3.8) is 0 Å². The number of rotatable bonds is 3. The van der Waals surface area contributed by atoms with Crippen LogP contribution in [0.4, 0.5) is 0 Å². The fourth-order valence-electron chi connectivity index (χ4n) is 1.96. The molecule has 0 aromatic carbocycles. The van der Waals surface area contributed by atoms with Crippen LogP contribution in [-0.4, -0.2) is 41.4 Å². The van der Waals surface area contributed by atoms with E-state index in [1.807, 2.05) is 0 Å². The van der Waals surface area contributed by atoms with Crippen LogP contribution in [0.3, 0.4) is 0 Å². The first-order valence-electron chi connectivity index (χ1n) is 6.21. The number of halogens is 1. The van der Waals surface area contributed by atoms with Gasteiger partial charge in [-0.3, -0.25) is 9.78 Å². The number of nitrogens with one attached hydrogen (secondary N) is 1. The molecule has 6 heteroatoms. The molecule has 0 radical (unpaired) electrons. The van der Waals surface area contributed by atoms with Gasteiger partial charge in [-0.1, -0.05) is 11.6 Å². The van der Waals surface area contributed by atoms with E-state index in [1.165, 1.54) is 6.20 Å². The quantitative estimate of drug-likeness (QED) is 0.878. The Kier molecular flexibility index (Phi) is 4.39. The Morgan fingerprint density at radius 1 is 1.58 bits per heavy atom. The number of ether oxygens (including phenoxy) is 1. The highest BCUT2D eigenvalue weighted by Crippen LogP contribution is 2.20. The van der Waals surface area contributed by atoms with Crippen molar-refractivity contribution in [2.24, 2.45) is 0 Å². The third-order valence-electron chi connectivity index (χ3n) is 3.24. The van der Waals surface area contributed by atoms with Gasteiger partial charge in [0, 0.05) is 44.5 Å². The molecule has 1 aliphatic heterocycles. The smallest absolute Gasteiger partial charge is 0.254 e. The Morgan fingerprint density at radius 2 is 2.26 bits per heavy atom. The monoisotopic (exact) mass is 284 g/mol. The SMILES string of the molecule is Cc1cc(Cl)c(C(=O)NCC2(O)CCOCC2)cn1. The standard InChI is InChI=1S/C13H17ClN2O3/c1-9-6-11(14)10(7-15-9)12(17)16-8-13(18)2-4-19-5-3-13/h6-7,18H,2-5,8H2,1H3,(H,16,17). The first-order chi connectivity index (χ1) is 9.00. The molecule has 0 atom stereocenters. The van der Waals surface area contributed by atoms with Crippen molar-refractivity contribution in [3.8, 4) is 0 Å². The molecule has 0 unspecified atom stereocenters. The minimum Gasteiger partial charge on any atom is -0.388 e. The van der Waals surface area contributed by atoms with Gasteiger partial charge in [-0.15, -0.1) is 0 Å². The summed E-state index contributed by atoms with van der Waals surface area (Å²) >= 11 is 6.00. The summed E-state index contributed by atoms with van der Waals surface area (Å²) in [5, 5.41) is 13.3. The van der Waals surface area contributed by atoms with Crippen molar-refractivity contribution in [2.45, 2.75) is 25.4 Å². The number of aromatic nitrogens is 1. The average Bonchev–Trinajstić information content (AvgIpc) is 2.37. The number of hydrogen-bond acceptors (Lipinski definition) is 4. The molecule has 0 saturated carbocycles. The van der Waals surface area contributed by atoms with Gasteiger partial charge in [0.15, 0.2) is 0 Å². The van der Waals surface area contributed by atoms with Crippen molar-refractivity contribution < 1.29 is 14.6 Å². The van der Waals surface area contributed by atoms with E-state index in [4.69, 9.17) is 16.3 Å². The third kappa shape index (κ3) is 3.65. The zero-order valence-electron chi connectivity index (χ0n) is 10.8. The van der Waals surface area contributed by atoms with Crippen molar-refractivity contribution in [3.05, 3.63) is 28.5 Å². The summed E-state index contributed by atoms with van der Waals surface area (Å²) in [6.07, 6.45) is 2.49. The van der Waals surface area contributed by atoms with Crippen LogP contribution < -0.4 is 5.32 Å². The summed E-state index contributed by atoms with van der Waals surface area (Å²) in [4.78, 5) is 16.0. The van der Waals surface area contributed by atoms with Crippen molar-refractivity contribution in [1.29, 1.82) is 0 Å².